The summed E-state index contributed by atoms with van der Waals surface area (Å²) in [6.45, 7) is 5.59. The van der Waals surface area contributed by atoms with Crippen LogP contribution in [0.3, 0.4) is 0 Å². The Labute approximate surface area is 95.8 Å². The summed E-state index contributed by atoms with van der Waals surface area (Å²) >= 11 is 5.99. The van der Waals surface area contributed by atoms with Crippen molar-refractivity contribution in [1.29, 1.82) is 0 Å². The second-order valence-corrected chi connectivity index (χ2v) is 4.08. The van der Waals surface area contributed by atoms with E-state index in [0.29, 0.717) is 0 Å². The van der Waals surface area contributed by atoms with Crippen LogP contribution < -0.4 is 4.74 Å². The first-order valence-electron chi connectivity index (χ1n) is 5.17. The molecular formula is C12H17ClO2. The fourth-order valence-electron chi connectivity index (χ4n) is 1.21. The molecule has 0 radical (unpaired) electrons. The van der Waals surface area contributed by atoms with E-state index in [0.717, 1.165) is 22.8 Å². The van der Waals surface area contributed by atoms with E-state index in [1.165, 1.54) is 0 Å². The molecule has 0 aliphatic heterocycles. The highest BCUT2D eigenvalue weighted by atomic mass is 35.5. The minimum absolute atomic E-state index is 0.212. The lowest BCUT2D eigenvalue weighted by Crippen LogP contribution is -2.25. The van der Waals surface area contributed by atoms with Crippen molar-refractivity contribution in [2.45, 2.75) is 39.4 Å². The molecule has 0 aromatic heterocycles. The van der Waals surface area contributed by atoms with Gasteiger partial charge in [-0.15, -0.1) is 0 Å². The molecule has 84 valence electrons. The third-order valence-corrected chi connectivity index (χ3v) is 2.77. The molecule has 1 aromatic carbocycles. The molecule has 1 aromatic rings. The topological polar surface area (TPSA) is 29.5 Å². The molecule has 0 saturated heterocycles. The van der Waals surface area contributed by atoms with Crippen molar-refractivity contribution in [3.63, 3.8) is 0 Å². The van der Waals surface area contributed by atoms with Gasteiger partial charge in [-0.3, -0.25) is 0 Å². The predicted octanol–water partition coefficient (Wildman–Crippen LogP) is 3.05. The maximum Gasteiger partial charge on any atom is 0.121 e. The first kappa shape index (κ1) is 12.3. The molecule has 0 heterocycles. The van der Waals surface area contributed by atoms with Gasteiger partial charge in [0.05, 0.1) is 6.10 Å². The smallest absolute Gasteiger partial charge is 0.121 e. The monoisotopic (exact) mass is 228 g/mol. The van der Waals surface area contributed by atoms with E-state index in [4.69, 9.17) is 16.3 Å². The molecule has 2 unspecified atom stereocenters. The maximum atomic E-state index is 9.31. The number of rotatable bonds is 4. The maximum absolute atomic E-state index is 9.31. The van der Waals surface area contributed by atoms with E-state index in [9.17, 15) is 5.11 Å². The average molecular weight is 229 g/mol. The Balaban J connectivity index is 2.78. The summed E-state index contributed by atoms with van der Waals surface area (Å²) in [5, 5.41) is 10.1. The zero-order chi connectivity index (χ0) is 11.4. The second kappa shape index (κ2) is 5.38. The van der Waals surface area contributed by atoms with Gasteiger partial charge in [-0.05, 0) is 44.0 Å². The average Bonchev–Trinajstić information content (AvgIpc) is 2.20. The fraction of sp³-hybridized carbons (Fsp3) is 0.500. The van der Waals surface area contributed by atoms with E-state index in [2.05, 4.69) is 0 Å². The Hall–Kier alpha value is -0.730. The van der Waals surface area contributed by atoms with Crippen molar-refractivity contribution in [3.8, 4) is 5.75 Å². The number of hydrogen-bond donors (Lipinski definition) is 1. The predicted molar refractivity (Wildman–Crippen MR) is 62.6 cm³/mol. The number of aliphatic hydroxyl groups excluding tert-OH is 1. The van der Waals surface area contributed by atoms with Crippen LogP contribution in [0.15, 0.2) is 18.2 Å². The molecule has 0 aliphatic carbocycles. The van der Waals surface area contributed by atoms with Gasteiger partial charge in [0, 0.05) is 5.02 Å². The van der Waals surface area contributed by atoms with Gasteiger partial charge in [0.1, 0.15) is 11.9 Å². The Morgan fingerprint density at radius 1 is 1.40 bits per heavy atom. The molecule has 15 heavy (non-hydrogen) atoms. The number of halogens is 1. The quantitative estimate of drug-likeness (QED) is 0.859. The summed E-state index contributed by atoms with van der Waals surface area (Å²) < 4.78 is 5.56. The highest BCUT2D eigenvalue weighted by Crippen LogP contribution is 2.23. The molecule has 0 bridgehead atoms. The Morgan fingerprint density at radius 3 is 2.60 bits per heavy atom. The van der Waals surface area contributed by atoms with Crippen molar-refractivity contribution >= 4 is 11.6 Å². The minimum atomic E-state index is -0.481. The van der Waals surface area contributed by atoms with Gasteiger partial charge >= 0.3 is 0 Å². The van der Waals surface area contributed by atoms with E-state index in [-0.39, 0.29) is 6.10 Å². The lowest BCUT2D eigenvalue weighted by Gasteiger charge is -2.17. The molecule has 2 nitrogen and oxygen atoms in total. The molecule has 0 saturated carbocycles. The third kappa shape index (κ3) is 3.40. The number of hydrogen-bond acceptors (Lipinski definition) is 2. The SMILES string of the molecule is CCc1cc(OC(C)C(C)O)ccc1Cl. The van der Waals surface area contributed by atoms with Crippen molar-refractivity contribution in [2.75, 3.05) is 0 Å². The summed E-state index contributed by atoms with van der Waals surface area (Å²) in [6, 6.07) is 5.56. The molecule has 0 aliphatic rings. The van der Waals surface area contributed by atoms with Crippen LogP contribution in [0.4, 0.5) is 0 Å². The van der Waals surface area contributed by atoms with Crippen molar-refractivity contribution in [2.24, 2.45) is 0 Å². The minimum Gasteiger partial charge on any atom is -0.488 e. The van der Waals surface area contributed by atoms with Gasteiger partial charge in [-0.1, -0.05) is 18.5 Å². The van der Waals surface area contributed by atoms with Gasteiger partial charge in [0.2, 0.25) is 0 Å². The summed E-state index contributed by atoms with van der Waals surface area (Å²) in [7, 11) is 0. The Morgan fingerprint density at radius 2 is 2.07 bits per heavy atom. The van der Waals surface area contributed by atoms with Gasteiger partial charge in [0.25, 0.3) is 0 Å². The third-order valence-electron chi connectivity index (χ3n) is 2.40. The van der Waals surface area contributed by atoms with Crippen LogP contribution in [-0.2, 0) is 6.42 Å². The molecule has 2 atom stereocenters. The molecular weight excluding hydrogens is 212 g/mol. The van der Waals surface area contributed by atoms with Gasteiger partial charge in [0.15, 0.2) is 0 Å². The van der Waals surface area contributed by atoms with Crippen molar-refractivity contribution in [1.82, 2.24) is 0 Å². The standard InChI is InChI=1S/C12H17ClO2/c1-4-10-7-11(5-6-12(10)13)15-9(3)8(2)14/h5-9,14H,4H2,1-3H3. The summed E-state index contributed by atoms with van der Waals surface area (Å²) in [6.07, 6.45) is 0.181. The largest absolute Gasteiger partial charge is 0.488 e. The van der Waals surface area contributed by atoms with E-state index >= 15 is 0 Å². The van der Waals surface area contributed by atoms with Crippen LogP contribution in [0.5, 0.6) is 5.75 Å². The molecule has 0 spiro atoms. The van der Waals surface area contributed by atoms with Crippen molar-refractivity contribution in [3.05, 3.63) is 28.8 Å². The van der Waals surface area contributed by atoms with Crippen molar-refractivity contribution < 1.29 is 9.84 Å². The molecule has 1 N–H and O–H groups in total. The van der Waals surface area contributed by atoms with Crippen LogP contribution in [0.1, 0.15) is 26.3 Å². The van der Waals surface area contributed by atoms with Crippen LogP contribution in [-0.4, -0.2) is 17.3 Å². The zero-order valence-corrected chi connectivity index (χ0v) is 10.1. The van der Waals surface area contributed by atoms with Crippen LogP contribution >= 0.6 is 11.6 Å². The summed E-state index contributed by atoms with van der Waals surface area (Å²) in [4.78, 5) is 0. The van der Waals surface area contributed by atoms with Gasteiger partial charge in [-0.2, -0.15) is 0 Å². The normalized spacial score (nSPS) is 14.7. The summed E-state index contributed by atoms with van der Waals surface area (Å²) in [5.74, 6) is 0.754. The first-order chi connectivity index (χ1) is 7.04. The van der Waals surface area contributed by atoms with E-state index in [1.807, 2.05) is 32.0 Å². The molecule has 1 rings (SSSR count). The van der Waals surface area contributed by atoms with Crippen LogP contribution in [0.2, 0.25) is 5.02 Å². The van der Waals surface area contributed by atoms with Crippen LogP contribution in [0.25, 0.3) is 0 Å². The highest BCUT2D eigenvalue weighted by molar-refractivity contribution is 6.31. The number of ether oxygens (including phenoxy) is 1. The van der Waals surface area contributed by atoms with Crippen LogP contribution in [0, 0.1) is 0 Å². The molecule has 3 heteroatoms. The second-order valence-electron chi connectivity index (χ2n) is 3.67. The van der Waals surface area contributed by atoms with E-state index in [1.54, 1.807) is 6.92 Å². The van der Waals surface area contributed by atoms with E-state index < -0.39 is 6.10 Å². The van der Waals surface area contributed by atoms with Gasteiger partial charge < -0.3 is 9.84 Å². The molecule has 0 fully saturated rings. The fourth-order valence-corrected chi connectivity index (χ4v) is 1.46. The number of benzene rings is 1. The number of aryl methyl sites for hydroxylation is 1. The Bertz CT molecular complexity index is 323. The lowest BCUT2D eigenvalue weighted by molar-refractivity contribution is 0.0604. The van der Waals surface area contributed by atoms with Gasteiger partial charge in [-0.25, -0.2) is 0 Å². The number of aliphatic hydroxyl groups is 1. The zero-order valence-electron chi connectivity index (χ0n) is 9.33. The first-order valence-corrected chi connectivity index (χ1v) is 5.55. The summed E-state index contributed by atoms with van der Waals surface area (Å²) in [5.41, 5.74) is 1.06. The Kier molecular flexibility index (Phi) is 4.43. The highest BCUT2D eigenvalue weighted by Gasteiger charge is 2.10. The molecule has 0 amide bonds. The lowest BCUT2D eigenvalue weighted by atomic mass is 10.1.